The molecule has 11 heteroatoms. The van der Waals surface area contributed by atoms with Crippen molar-refractivity contribution in [2.45, 2.75) is 52.4 Å². The molecule has 2 saturated heterocycles. The standard InChI is InChI=1S/C28H34FN9O/c1-17(2)38-19(4)33-27-24(38)9-21(11-31-27)26-23(29)12-32-28(35-26)34-25-6-5-20(10-30-25)14-36-7-8-37(13-18(36)3)22-15-39-16-22/h5-6,9-12,17-18,22H,7-8,13-16H2,1-4H3,(H,30,32,34,35)/t18-/m0/s1. The van der Waals surface area contributed by atoms with Gasteiger partial charge >= 0.3 is 0 Å². The van der Waals surface area contributed by atoms with Gasteiger partial charge < -0.3 is 14.6 Å². The molecule has 0 aromatic carbocycles. The average molecular weight is 532 g/mol. The maximum atomic E-state index is 14.8. The first-order valence-electron chi connectivity index (χ1n) is 13.5. The molecule has 0 bridgehead atoms. The van der Waals surface area contributed by atoms with Gasteiger partial charge in [-0.25, -0.2) is 29.3 Å². The molecule has 10 nitrogen and oxygen atoms in total. The number of imidazole rings is 1. The summed E-state index contributed by atoms with van der Waals surface area (Å²) < 4.78 is 22.3. The summed E-state index contributed by atoms with van der Waals surface area (Å²) >= 11 is 0. The van der Waals surface area contributed by atoms with Crippen LogP contribution in [0.3, 0.4) is 0 Å². The van der Waals surface area contributed by atoms with Gasteiger partial charge in [0.05, 0.1) is 31.0 Å². The highest BCUT2D eigenvalue weighted by molar-refractivity contribution is 5.78. The Morgan fingerprint density at radius 3 is 2.62 bits per heavy atom. The molecule has 2 aliphatic rings. The van der Waals surface area contributed by atoms with Crippen LogP contribution in [0.15, 0.2) is 36.8 Å². The highest BCUT2D eigenvalue weighted by atomic mass is 19.1. The Hall–Kier alpha value is -3.54. The summed E-state index contributed by atoms with van der Waals surface area (Å²) in [6, 6.07) is 7.11. The van der Waals surface area contributed by atoms with E-state index >= 15 is 0 Å². The molecule has 0 saturated carbocycles. The van der Waals surface area contributed by atoms with E-state index in [0.29, 0.717) is 29.1 Å². The van der Waals surface area contributed by atoms with Gasteiger partial charge in [0.1, 0.15) is 17.3 Å². The number of nitrogens with one attached hydrogen (secondary N) is 1. The van der Waals surface area contributed by atoms with E-state index in [-0.39, 0.29) is 17.7 Å². The average Bonchev–Trinajstić information content (AvgIpc) is 3.22. The first kappa shape index (κ1) is 25.7. The van der Waals surface area contributed by atoms with Crippen LogP contribution in [0.5, 0.6) is 0 Å². The molecule has 6 rings (SSSR count). The molecule has 2 aliphatic heterocycles. The summed E-state index contributed by atoms with van der Waals surface area (Å²) in [6.45, 7) is 14.1. The van der Waals surface area contributed by atoms with E-state index in [0.717, 1.165) is 56.3 Å². The Morgan fingerprint density at radius 2 is 1.92 bits per heavy atom. The molecule has 0 spiro atoms. The lowest BCUT2D eigenvalue weighted by atomic mass is 10.1. The van der Waals surface area contributed by atoms with Gasteiger partial charge in [0.15, 0.2) is 11.5 Å². The summed E-state index contributed by atoms with van der Waals surface area (Å²) in [5, 5.41) is 3.11. The number of halogens is 1. The van der Waals surface area contributed by atoms with Gasteiger partial charge in [-0.15, -0.1) is 0 Å². The molecule has 4 aromatic rings. The van der Waals surface area contributed by atoms with Gasteiger partial charge in [-0.05, 0) is 45.4 Å². The van der Waals surface area contributed by atoms with E-state index in [4.69, 9.17) is 4.74 Å². The van der Waals surface area contributed by atoms with E-state index in [9.17, 15) is 4.39 Å². The minimum absolute atomic E-state index is 0.175. The maximum Gasteiger partial charge on any atom is 0.229 e. The van der Waals surface area contributed by atoms with Gasteiger partial charge in [0.25, 0.3) is 0 Å². The molecule has 2 fully saturated rings. The Balaban J connectivity index is 1.15. The summed E-state index contributed by atoms with van der Waals surface area (Å²) in [7, 11) is 0. The van der Waals surface area contributed by atoms with Crippen molar-refractivity contribution in [3.8, 4) is 11.3 Å². The van der Waals surface area contributed by atoms with E-state index < -0.39 is 5.82 Å². The highest BCUT2D eigenvalue weighted by Crippen LogP contribution is 2.27. The fraction of sp³-hybridized carbons (Fsp3) is 0.464. The number of ether oxygens (including phenoxy) is 1. The summed E-state index contributed by atoms with van der Waals surface area (Å²) in [6.07, 6.45) is 4.65. The molecular weight excluding hydrogens is 497 g/mol. The Morgan fingerprint density at radius 1 is 1.08 bits per heavy atom. The number of anilines is 2. The number of fused-ring (bicyclic) bond motifs is 1. The van der Waals surface area contributed by atoms with Crippen molar-refractivity contribution in [1.29, 1.82) is 0 Å². The van der Waals surface area contributed by atoms with Crippen LogP contribution in [0, 0.1) is 12.7 Å². The lowest BCUT2D eigenvalue weighted by Crippen LogP contribution is -2.59. The Bertz CT molecular complexity index is 1470. The second-order valence-electron chi connectivity index (χ2n) is 10.8. The molecule has 0 aliphatic carbocycles. The first-order valence-corrected chi connectivity index (χ1v) is 13.5. The van der Waals surface area contributed by atoms with E-state index in [1.165, 1.54) is 6.20 Å². The molecule has 0 unspecified atom stereocenters. The number of aromatic nitrogens is 6. The van der Waals surface area contributed by atoms with Gasteiger partial charge in [0, 0.05) is 56.2 Å². The number of nitrogens with zero attached hydrogens (tertiary/aromatic N) is 8. The van der Waals surface area contributed by atoms with Gasteiger partial charge in [-0.1, -0.05) is 6.07 Å². The van der Waals surface area contributed by atoms with Crippen molar-refractivity contribution in [3.63, 3.8) is 0 Å². The van der Waals surface area contributed by atoms with Crippen LogP contribution >= 0.6 is 0 Å². The Kier molecular flexibility index (Phi) is 6.96. The third-order valence-electron chi connectivity index (χ3n) is 7.64. The number of hydrogen-bond acceptors (Lipinski definition) is 9. The molecule has 1 atom stereocenters. The zero-order chi connectivity index (χ0) is 27.1. The lowest BCUT2D eigenvalue weighted by Gasteiger charge is -2.45. The van der Waals surface area contributed by atoms with E-state index in [1.807, 2.05) is 25.3 Å². The van der Waals surface area contributed by atoms with Crippen LogP contribution in [-0.4, -0.2) is 84.2 Å². The monoisotopic (exact) mass is 531 g/mol. The van der Waals surface area contributed by atoms with Crippen LogP contribution in [0.2, 0.25) is 0 Å². The summed E-state index contributed by atoms with van der Waals surface area (Å²) in [5.41, 5.74) is 3.36. The number of hydrogen-bond donors (Lipinski definition) is 1. The topological polar surface area (TPSA) is 97.1 Å². The molecule has 39 heavy (non-hydrogen) atoms. The fourth-order valence-corrected chi connectivity index (χ4v) is 5.47. The normalized spacial score (nSPS) is 19.1. The third kappa shape index (κ3) is 5.21. The van der Waals surface area contributed by atoms with Crippen molar-refractivity contribution in [3.05, 3.63) is 54.0 Å². The van der Waals surface area contributed by atoms with Crippen molar-refractivity contribution in [2.24, 2.45) is 0 Å². The predicted molar refractivity (Wildman–Crippen MR) is 147 cm³/mol. The third-order valence-corrected chi connectivity index (χ3v) is 7.64. The van der Waals surface area contributed by atoms with Crippen molar-refractivity contribution in [1.82, 2.24) is 39.3 Å². The molecular formula is C28H34FN9O. The SMILES string of the molecule is Cc1nc2ncc(-c3nc(Nc4ccc(CN5CCN(C6COC6)C[C@@H]5C)cn4)ncc3F)cc2n1C(C)C. The number of pyridine rings is 2. The smallest absolute Gasteiger partial charge is 0.229 e. The molecule has 204 valence electrons. The maximum absolute atomic E-state index is 14.8. The first-order chi connectivity index (χ1) is 18.9. The van der Waals surface area contributed by atoms with Gasteiger partial charge in [-0.2, -0.15) is 0 Å². The van der Waals surface area contributed by atoms with Crippen LogP contribution in [0.4, 0.5) is 16.2 Å². The second-order valence-corrected chi connectivity index (χ2v) is 10.8. The van der Waals surface area contributed by atoms with Crippen LogP contribution in [0.25, 0.3) is 22.4 Å². The predicted octanol–water partition coefficient (Wildman–Crippen LogP) is 3.96. The number of piperazine rings is 1. The van der Waals surface area contributed by atoms with E-state index in [1.54, 1.807) is 6.20 Å². The molecule has 0 amide bonds. The highest BCUT2D eigenvalue weighted by Gasteiger charge is 2.32. The minimum Gasteiger partial charge on any atom is -0.378 e. The second kappa shape index (κ2) is 10.6. The fourth-order valence-electron chi connectivity index (χ4n) is 5.47. The Labute approximate surface area is 227 Å². The zero-order valence-corrected chi connectivity index (χ0v) is 22.8. The van der Waals surface area contributed by atoms with Crippen molar-refractivity contribution >= 4 is 22.9 Å². The van der Waals surface area contributed by atoms with E-state index in [2.05, 4.69) is 71.4 Å². The van der Waals surface area contributed by atoms with Crippen molar-refractivity contribution < 1.29 is 9.13 Å². The van der Waals surface area contributed by atoms with Gasteiger partial charge in [0.2, 0.25) is 5.95 Å². The molecule has 4 aromatic heterocycles. The van der Waals surface area contributed by atoms with Crippen LogP contribution < -0.4 is 5.32 Å². The quantitative estimate of drug-likeness (QED) is 0.380. The molecule has 6 heterocycles. The molecule has 0 radical (unpaired) electrons. The van der Waals surface area contributed by atoms with Crippen LogP contribution in [-0.2, 0) is 11.3 Å². The number of aryl methyl sites for hydroxylation is 1. The zero-order valence-electron chi connectivity index (χ0n) is 22.8. The minimum atomic E-state index is -0.517. The summed E-state index contributed by atoms with van der Waals surface area (Å²) in [5.74, 6) is 1.22. The molecule has 1 N–H and O–H groups in total. The van der Waals surface area contributed by atoms with Crippen LogP contribution in [0.1, 0.15) is 38.2 Å². The number of rotatable bonds is 7. The van der Waals surface area contributed by atoms with Crippen molar-refractivity contribution in [2.75, 3.05) is 38.2 Å². The summed E-state index contributed by atoms with van der Waals surface area (Å²) in [4.78, 5) is 27.2. The van der Waals surface area contributed by atoms with Gasteiger partial charge in [-0.3, -0.25) is 9.80 Å². The largest absolute Gasteiger partial charge is 0.378 e. The lowest BCUT2D eigenvalue weighted by molar-refractivity contribution is -0.0855.